The van der Waals surface area contributed by atoms with E-state index in [1.54, 1.807) is 0 Å². The molecule has 1 aliphatic carbocycles. The van der Waals surface area contributed by atoms with Gasteiger partial charge in [-0.2, -0.15) is 0 Å². The summed E-state index contributed by atoms with van der Waals surface area (Å²) in [5.74, 6) is -0.957. The second-order valence-electron chi connectivity index (χ2n) is 4.24. The number of hydrogen-bond donors (Lipinski definition) is 3. The number of carboxylic acid groups (broad SMARTS) is 1. The Bertz CT molecular complexity index is 471. The summed E-state index contributed by atoms with van der Waals surface area (Å²) in [5, 5.41) is 16.2. The molecule has 18 heavy (non-hydrogen) atoms. The van der Waals surface area contributed by atoms with Crippen LogP contribution in [0.5, 0.6) is 0 Å². The zero-order valence-electron chi connectivity index (χ0n) is 9.53. The second kappa shape index (κ2) is 5.27. The lowest BCUT2D eigenvalue weighted by Crippen LogP contribution is -2.61. The van der Waals surface area contributed by atoms with Crippen molar-refractivity contribution >= 4 is 39.3 Å². The minimum Gasteiger partial charge on any atom is -0.480 e. The standard InChI is InChI=1S/C11H13BrN2O3S/c12-7-2-5-18-8(7)6-13-10(17)14-11(9(15)16)3-1-4-11/h2,5H,1,3-4,6H2,(H,15,16)(H2,13,14,17). The Morgan fingerprint density at radius 1 is 1.50 bits per heavy atom. The van der Waals surface area contributed by atoms with Gasteiger partial charge in [-0.15, -0.1) is 11.3 Å². The zero-order valence-corrected chi connectivity index (χ0v) is 11.9. The molecule has 0 unspecified atom stereocenters. The molecule has 2 amide bonds. The molecule has 2 rings (SSSR count). The third-order valence-electron chi connectivity index (χ3n) is 3.07. The molecular formula is C11H13BrN2O3S. The summed E-state index contributed by atoms with van der Waals surface area (Å²) >= 11 is 4.90. The number of carbonyl (C=O) groups excluding carboxylic acids is 1. The van der Waals surface area contributed by atoms with Crippen LogP contribution in [0.3, 0.4) is 0 Å². The van der Waals surface area contributed by atoms with Crippen LogP contribution in [0.1, 0.15) is 24.1 Å². The molecular weight excluding hydrogens is 320 g/mol. The van der Waals surface area contributed by atoms with E-state index in [1.807, 2.05) is 11.4 Å². The van der Waals surface area contributed by atoms with Gasteiger partial charge in [-0.05, 0) is 46.6 Å². The maximum Gasteiger partial charge on any atom is 0.329 e. The summed E-state index contributed by atoms with van der Waals surface area (Å²) < 4.78 is 0.949. The van der Waals surface area contributed by atoms with Gasteiger partial charge >= 0.3 is 12.0 Å². The number of nitrogens with one attached hydrogen (secondary N) is 2. The van der Waals surface area contributed by atoms with Crippen LogP contribution >= 0.6 is 27.3 Å². The quantitative estimate of drug-likeness (QED) is 0.791. The average molecular weight is 333 g/mol. The van der Waals surface area contributed by atoms with Gasteiger partial charge in [-0.1, -0.05) is 0 Å². The highest BCUT2D eigenvalue weighted by Gasteiger charge is 2.45. The Hall–Kier alpha value is -1.08. The minimum atomic E-state index is -1.06. The Balaban J connectivity index is 1.86. The monoisotopic (exact) mass is 332 g/mol. The number of aliphatic carboxylic acids is 1. The predicted molar refractivity (Wildman–Crippen MR) is 71.6 cm³/mol. The van der Waals surface area contributed by atoms with Crippen molar-refractivity contribution in [2.45, 2.75) is 31.3 Å². The summed E-state index contributed by atoms with van der Waals surface area (Å²) in [6.07, 6.45) is 1.83. The van der Waals surface area contributed by atoms with Crippen molar-refractivity contribution in [2.75, 3.05) is 0 Å². The zero-order chi connectivity index (χ0) is 13.2. The highest BCUT2D eigenvalue weighted by atomic mass is 79.9. The van der Waals surface area contributed by atoms with E-state index >= 15 is 0 Å². The highest BCUT2D eigenvalue weighted by molar-refractivity contribution is 9.10. The summed E-state index contributed by atoms with van der Waals surface area (Å²) in [5.41, 5.74) is -1.06. The van der Waals surface area contributed by atoms with Gasteiger partial charge in [0.25, 0.3) is 0 Å². The predicted octanol–water partition coefficient (Wildman–Crippen LogP) is 2.32. The van der Waals surface area contributed by atoms with E-state index in [1.165, 1.54) is 11.3 Å². The van der Waals surface area contributed by atoms with Crippen molar-refractivity contribution in [1.29, 1.82) is 0 Å². The normalized spacial score (nSPS) is 16.7. The van der Waals surface area contributed by atoms with Gasteiger partial charge in [0.15, 0.2) is 0 Å². The van der Waals surface area contributed by atoms with Crippen LogP contribution < -0.4 is 10.6 Å². The first-order valence-corrected chi connectivity index (χ1v) is 7.22. The first kappa shape index (κ1) is 13.4. The minimum absolute atomic E-state index is 0.389. The SMILES string of the molecule is O=C(NCc1sccc1Br)NC1(C(=O)O)CCC1. The molecule has 3 N–H and O–H groups in total. The molecule has 0 atom stereocenters. The molecule has 0 saturated heterocycles. The van der Waals surface area contributed by atoms with Crippen molar-refractivity contribution in [3.05, 3.63) is 20.8 Å². The molecule has 7 heteroatoms. The Labute approximate surface area is 117 Å². The number of urea groups is 1. The van der Waals surface area contributed by atoms with Gasteiger partial charge in [0.1, 0.15) is 5.54 Å². The summed E-state index contributed by atoms with van der Waals surface area (Å²) in [6.45, 7) is 0.389. The van der Waals surface area contributed by atoms with Crippen LogP contribution in [-0.2, 0) is 11.3 Å². The molecule has 0 spiro atoms. The van der Waals surface area contributed by atoms with E-state index in [9.17, 15) is 9.59 Å². The van der Waals surface area contributed by atoms with E-state index in [0.717, 1.165) is 15.8 Å². The number of amides is 2. The summed E-state index contributed by atoms with van der Waals surface area (Å²) in [4.78, 5) is 23.7. The van der Waals surface area contributed by atoms with E-state index < -0.39 is 17.5 Å². The Morgan fingerprint density at radius 3 is 2.67 bits per heavy atom. The molecule has 0 radical (unpaired) electrons. The van der Waals surface area contributed by atoms with E-state index in [4.69, 9.17) is 5.11 Å². The first-order valence-electron chi connectivity index (χ1n) is 5.55. The second-order valence-corrected chi connectivity index (χ2v) is 6.10. The van der Waals surface area contributed by atoms with Crippen molar-refractivity contribution in [1.82, 2.24) is 10.6 Å². The lowest BCUT2D eigenvalue weighted by Gasteiger charge is -2.38. The molecule has 5 nitrogen and oxygen atoms in total. The van der Waals surface area contributed by atoms with Crippen LogP contribution in [0.25, 0.3) is 0 Å². The van der Waals surface area contributed by atoms with Crippen LogP contribution in [-0.4, -0.2) is 22.6 Å². The first-order chi connectivity index (χ1) is 8.53. The third kappa shape index (κ3) is 2.67. The Kier molecular flexibility index (Phi) is 3.91. The molecule has 0 aromatic carbocycles. The number of carboxylic acids is 1. The molecule has 0 aliphatic heterocycles. The topological polar surface area (TPSA) is 78.4 Å². The van der Waals surface area contributed by atoms with E-state index in [0.29, 0.717) is 19.4 Å². The average Bonchev–Trinajstić information content (AvgIpc) is 2.66. The fourth-order valence-corrected chi connectivity index (χ4v) is 3.23. The summed E-state index contributed by atoms with van der Waals surface area (Å²) in [6, 6.07) is 1.47. The largest absolute Gasteiger partial charge is 0.480 e. The number of carbonyl (C=O) groups is 2. The summed E-state index contributed by atoms with van der Waals surface area (Å²) in [7, 11) is 0. The van der Waals surface area contributed by atoms with Gasteiger partial charge in [0.2, 0.25) is 0 Å². The number of hydrogen-bond acceptors (Lipinski definition) is 3. The number of rotatable bonds is 4. The van der Waals surface area contributed by atoms with Crippen LogP contribution in [0, 0.1) is 0 Å². The Morgan fingerprint density at radius 2 is 2.22 bits per heavy atom. The van der Waals surface area contributed by atoms with Gasteiger partial charge in [0.05, 0.1) is 6.54 Å². The van der Waals surface area contributed by atoms with E-state index in [-0.39, 0.29) is 0 Å². The van der Waals surface area contributed by atoms with Crippen molar-refractivity contribution in [3.63, 3.8) is 0 Å². The lowest BCUT2D eigenvalue weighted by atomic mass is 9.77. The molecule has 1 aromatic rings. The molecule has 1 aliphatic rings. The van der Waals surface area contributed by atoms with Crippen LogP contribution in [0.4, 0.5) is 4.79 Å². The van der Waals surface area contributed by atoms with Gasteiger partial charge in [-0.25, -0.2) is 9.59 Å². The van der Waals surface area contributed by atoms with Crippen LogP contribution in [0.2, 0.25) is 0 Å². The molecule has 98 valence electrons. The molecule has 1 heterocycles. The molecule has 1 saturated carbocycles. The highest BCUT2D eigenvalue weighted by Crippen LogP contribution is 2.31. The van der Waals surface area contributed by atoms with Crippen molar-refractivity contribution in [2.24, 2.45) is 0 Å². The molecule has 1 aromatic heterocycles. The maximum absolute atomic E-state index is 11.7. The lowest BCUT2D eigenvalue weighted by molar-refractivity contribution is -0.148. The van der Waals surface area contributed by atoms with Crippen molar-refractivity contribution < 1.29 is 14.7 Å². The number of thiophene rings is 1. The fraction of sp³-hybridized carbons (Fsp3) is 0.455. The third-order valence-corrected chi connectivity index (χ3v) is 5.00. The molecule has 0 bridgehead atoms. The van der Waals surface area contributed by atoms with Crippen LogP contribution in [0.15, 0.2) is 15.9 Å². The number of halogens is 1. The van der Waals surface area contributed by atoms with Gasteiger partial charge in [0, 0.05) is 9.35 Å². The van der Waals surface area contributed by atoms with Crippen molar-refractivity contribution in [3.8, 4) is 0 Å². The maximum atomic E-state index is 11.7. The van der Waals surface area contributed by atoms with Gasteiger partial charge in [-0.3, -0.25) is 0 Å². The molecule has 1 fully saturated rings. The van der Waals surface area contributed by atoms with E-state index in [2.05, 4.69) is 26.6 Å². The fourth-order valence-electron chi connectivity index (χ4n) is 1.80. The van der Waals surface area contributed by atoms with Gasteiger partial charge < -0.3 is 15.7 Å². The smallest absolute Gasteiger partial charge is 0.329 e.